The highest BCUT2D eigenvalue weighted by Gasteiger charge is 2.36. The van der Waals surface area contributed by atoms with E-state index >= 15 is 0 Å². The molecule has 0 aliphatic rings. The first kappa shape index (κ1) is 22.5. The van der Waals surface area contributed by atoms with Crippen LogP contribution in [0.3, 0.4) is 0 Å². The lowest BCUT2D eigenvalue weighted by Crippen LogP contribution is -2.60. The Bertz CT molecular complexity index is 607. The first-order valence-corrected chi connectivity index (χ1v) is 9.54. The number of nitrogens with one attached hydrogen (secondary N) is 3. The van der Waals surface area contributed by atoms with E-state index in [1.54, 1.807) is 0 Å². The van der Waals surface area contributed by atoms with Crippen LogP contribution in [0.1, 0.15) is 51.5 Å². The minimum Gasteiger partial charge on any atom is -0.370 e. The van der Waals surface area contributed by atoms with Crippen molar-refractivity contribution < 1.29 is 14.4 Å². The minimum absolute atomic E-state index is 0.270. The fraction of sp³-hybridized carbons (Fsp3) is 0.550. The highest BCUT2D eigenvalue weighted by molar-refractivity contribution is 5.94. The Hall–Kier alpha value is -2.57. The highest BCUT2D eigenvalue weighted by atomic mass is 16.2. The van der Waals surface area contributed by atoms with Crippen LogP contribution in [0.4, 0.5) is 4.79 Å². The predicted molar refractivity (Wildman–Crippen MR) is 106 cm³/mol. The van der Waals surface area contributed by atoms with E-state index in [1.807, 2.05) is 30.3 Å². The third-order valence-electron chi connectivity index (χ3n) is 4.28. The van der Waals surface area contributed by atoms with E-state index in [9.17, 15) is 14.4 Å². The van der Waals surface area contributed by atoms with Gasteiger partial charge in [0.15, 0.2) is 0 Å². The number of unbranched alkanes of at least 4 members (excludes halogenated alkanes) is 3. The summed E-state index contributed by atoms with van der Waals surface area (Å²) in [5.41, 5.74) is 4.97. The monoisotopic (exact) mass is 376 g/mol. The van der Waals surface area contributed by atoms with Crippen molar-refractivity contribution >= 4 is 17.8 Å². The zero-order chi connectivity index (χ0) is 20.1. The number of nitrogens with two attached hydrogens (primary N) is 1. The molecule has 1 rings (SSSR count). The molecule has 7 heteroatoms. The van der Waals surface area contributed by atoms with Gasteiger partial charge in [-0.15, -0.1) is 0 Å². The molecule has 4 amide bonds. The lowest BCUT2D eigenvalue weighted by molar-refractivity contribution is -0.130. The molecular weight excluding hydrogens is 344 g/mol. The van der Waals surface area contributed by atoms with Crippen LogP contribution in [0.2, 0.25) is 0 Å². The van der Waals surface area contributed by atoms with Gasteiger partial charge in [0.25, 0.3) is 0 Å². The summed E-state index contributed by atoms with van der Waals surface area (Å²) >= 11 is 0. The maximum atomic E-state index is 12.6. The van der Waals surface area contributed by atoms with Crippen LogP contribution in [0, 0.1) is 0 Å². The fourth-order valence-electron chi connectivity index (χ4n) is 2.74. The van der Waals surface area contributed by atoms with Crippen LogP contribution >= 0.6 is 0 Å². The summed E-state index contributed by atoms with van der Waals surface area (Å²) in [6.07, 6.45) is 4.53. The summed E-state index contributed by atoms with van der Waals surface area (Å²) in [4.78, 5) is 36.1. The molecule has 0 aromatic heterocycles. The smallest absolute Gasteiger partial charge is 0.315 e. The summed E-state index contributed by atoms with van der Waals surface area (Å²) in [6, 6.07) is 9.25. The number of primary amides is 1. The number of urea groups is 1. The molecule has 0 fully saturated rings. The molecule has 0 heterocycles. The SMILES string of the molecule is CCCCCCNC(=O)N[C@](C)(CC(N)=O)C(=O)NCCc1ccccc1. The van der Waals surface area contributed by atoms with Gasteiger partial charge in [-0.1, -0.05) is 56.5 Å². The van der Waals surface area contributed by atoms with Crippen molar-refractivity contribution in [3.05, 3.63) is 35.9 Å². The van der Waals surface area contributed by atoms with Crippen LogP contribution in [-0.4, -0.2) is 36.5 Å². The molecule has 5 N–H and O–H groups in total. The standard InChI is InChI=1S/C20H32N4O3/c1-3-4-5-9-13-23-19(27)24-20(2,15-17(21)25)18(26)22-14-12-16-10-7-6-8-11-16/h6-8,10-11H,3-5,9,12-15H2,1-2H3,(H2,21,25)(H,22,26)(H2,23,24,27)/t20-/m1/s1. The highest BCUT2D eigenvalue weighted by Crippen LogP contribution is 2.10. The van der Waals surface area contributed by atoms with E-state index in [0.29, 0.717) is 19.5 Å². The van der Waals surface area contributed by atoms with Gasteiger partial charge in [0, 0.05) is 13.1 Å². The van der Waals surface area contributed by atoms with E-state index in [2.05, 4.69) is 22.9 Å². The number of rotatable bonds is 12. The normalized spacial score (nSPS) is 12.7. The third-order valence-corrected chi connectivity index (χ3v) is 4.28. The van der Waals surface area contributed by atoms with Gasteiger partial charge in [-0.05, 0) is 25.3 Å². The van der Waals surface area contributed by atoms with Crippen molar-refractivity contribution in [3.8, 4) is 0 Å². The van der Waals surface area contributed by atoms with E-state index in [1.165, 1.54) is 6.92 Å². The van der Waals surface area contributed by atoms with Gasteiger partial charge in [-0.25, -0.2) is 4.79 Å². The molecule has 0 aliphatic carbocycles. The first-order chi connectivity index (χ1) is 12.9. The number of carbonyl (C=O) groups is 3. The van der Waals surface area contributed by atoms with Gasteiger partial charge in [-0.3, -0.25) is 9.59 Å². The first-order valence-electron chi connectivity index (χ1n) is 9.54. The Morgan fingerprint density at radius 1 is 1.00 bits per heavy atom. The average molecular weight is 377 g/mol. The van der Waals surface area contributed by atoms with Crippen LogP contribution in [0.5, 0.6) is 0 Å². The van der Waals surface area contributed by atoms with Crippen LogP contribution in [-0.2, 0) is 16.0 Å². The van der Waals surface area contributed by atoms with Crippen molar-refractivity contribution in [1.29, 1.82) is 0 Å². The van der Waals surface area contributed by atoms with E-state index in [0.717, 1.165) is 31.2 Å². The molecule has 0 bridgehead atoms. The molecule has 1 atom stereocenters. The molecule has 0 spiro atoms. The summed E-state index contributed by atoms with van der Waals surface area (Å²) in [7, 11) is 0. The fourth-order valence-corrected chi connectivity index (χ4v) is 2.74. The Kier molecular flexibility index (Phi) is 9.93. The van der Waals surface area contributed by atoms with Crippen molar-refractivity contribution in [2.75, 3.05) is 13.1 Å². The molecule has 150 valence electrons. The molecule has 27 heavy (non-hydrogen) atoms. The quantitative estimate of drug-likeness (QED) is 0.418. The molecular formula is C20H32N4O3. The molecule has 0 radical (unpaired) electrons. The van der Waals surface area contributed by atoms with Crippen molar-refractivity contribution in [2.45, 2.75) is 57.9 Å². The number of hydrogen-bond donors (Lipinski definition) is 4. The summed E-state index contributed by atoms with van der Waals surface area (Å²) < 4.78 is 0. The lowest BCUT2D eigenvalue weighted by atomic mass is 9.96. The van der Waals surface area contributed by atoms with Gasteiger partial charge in [0.05, 0.1) is 6.42 Å². The maximum absolute atomic E-state index is 12.6. The second-order valence-electron chi connectivity index (χ2n) is 6.91. The Balaban J connectivity index is 2.53. The maximum Gasteiger partial charge on any atom is 0.315 e. The van der Waals surface area contributed by atoms with E-state index in [4.69, 9.17) is 5.73 Å². The van der Waals surface area contributed by atoms with Crippen LogP contribution in [0.15, 0.2) is 30.3 Å². The van der Waals surface area contributed by atoms with Crippen molar-refractivity contribution in [1.82, 2.24) is 16.0 Å². The summed E-state index contributed by atoms with van der Waals surface area (Å²) in [5, 5.41) is 8.10. The van der Waals surface area contributed by atoms with Crippen LogP contribution in [0.25, 0.3) is 0 Å². The van der Waals surface area contributed by atoms with Gasteiger partial charge < -0.3 is 21.7 Å². The molecule has 0 saturated heterocycles. The predicted octanol–water partition coefficient (Wildman–Crippen LogP) is 1.86. The van der Waals surface area contributed by atoms with Gasteiger partial charge in [0.1, 0.15) is 5.54 Å². The molecule has 7 nitrogen and oxygen atoms in total. The Morgan fingerprint density at radius 3 is 2.33 bits per heavy atom. The number of hydrogen-bond acceptors (Lipinski definition) is 3. The van der Waals surface area contributed by atoms with Gasteiger partial charge >= 0.3 is 6.03 Å². The second-order valence-corrected chi connectivity index (χ2v) is 6.91. The molecule has 1 aromatic carbocycles. The number of benzene rings is 1. The number of carbonyl (C=O) groups excluding carboxylic acids is 3. The van der Waals surface area contributed by atoms with Gasteiger partial charge in [-0.2, -0.15) is 0 Å². The third kappa shape index (κ3) is 9.08. The van der Waals surface area contributed by atoms with Crippen molar-refractivity contribution in [3.63, 3.8) is 0 Å². The van der Waals surface area contributed by atoms with Gasteiger partial charge in [0.2, 0.25) is 11.8 Å². The molecule has 0 unspecified atom stereocenters. The Morgan fingerprint density at radius 2 is 1.70 bits per heavy atom. The summed E-state index contributed by atoms with van der Waals surface area (Å²) in [5.74, 6) is -1.09. The van der Waals surface area contributed by atoms with E-state index in [-0.39, 0.29) is 6.42 Å². The molecule has 0 aliphatic heterocycles. The second kappa shape index (κ2) is 11.9. The van der Waals surface area contributed by atoms with Crippen LogP contribution < -0.4 is 21.7 Å². The van der Waals surface area contributed by atoms with Crippen molar-refractivity contribution in [2.24, 2.45) is 5.73 Å². The Labute approximate surface area is 161 Å². The average Bonchev–Trinajstić information content (AvgIpc) is 2.61. The largest absolute Gasteiger partial charge is 0.370 e. The minimum atomic E-state index is -1.39. The zero-order valence-corrected chi connectivity index (χ0v) is 16.3. The van der Waals surface area contributed by atoms with E-state index < -0.39 is 23.4 Å². The summed E-state index contributed by atoms with van der Waals surface area (Å²) in [6.45, 7) is 4.55. The lowest BCUT2D eigenvalue weighted by Gasteiger charge is -2.28. The topological polar surface area (TPSA) is 113 Å². The zero-order valence-electron chi connectivity index (χ0n) is 16.3. The molecule has 1 aromatic rings. The molecule has 0 saturated carbocycles. The number of amides is 4.